The van der Waals surface area contributed by atoms with E-state index in [1.807, 2.05) is 0 Å². The van der Waals surface area contributed by atoms with Crippen LogP contribution in [0.15, 0.2) is 23.1 Å². The smallest absolute Gasteiger partial charge is 0.328 e. The van der Waals surface area contributed by atoms with Gasteiger partial charge in [0.05, 0.1) is 14.2 Å². The standard InChI is InChI=1S/C24H34N2O6S/c1-31-21-12-11-18(16-22(21)33(29,30)25-13-7-3-4-8-14-25)23(27)26-19-10-6-5-9-17(19)15-20(26)24(28)32-2/h11-12,16-17,19-20H,3-10,13-15H2,1-2H3. The number of hydrogen-bond donors (Lipinski definition) is 0. The molecule has 0 spiro atoms. The molecule has 2 saturated heterocycles. The summed E-state index contributed by atoms with van der Waals surface area (Å²) in [5.41, 5.74) is 0.254. The van der Waals surface area contributed by atoms with Crippen molar-refractivity contribution in [3.63, 3.8) is 0 Å². The van der Waals surface area contributed by atoms with E-state index in [0.717, 1.165) is 51.4 Å². The molecule has 0 bridgehead atoms. The Kier molecular flexibility index (Phi) is 7.28. The highest BCUT2D eigenvalue weighted by molar-refractivity contribution is 7.89. The molecule has 2 heterocycles. The molecular weight excluding hydrogens is 444 g/mol. The van der Waals surface area contributed by atoms with Gasteiger partial charge in [0.15, 0.2) is 0 Å². The van der Waals surface area contributed by atoms with Gasteiger partial charge in [0.1, 0.15) is 16.7 Å². The number of amides is 1. The fourth-order valence-electron chi connectivity index (χ4n) is 5.68. The molecule has 1 saturated carbocycles. The molecule has 33 heavy (non-hydrogen) atoms. The van der Waals surface area contributed by atoms with Crippen molar-refractivity contribution in [1.82, 2.24) is 9.21 Å². The van der Waals surface area contributed by atoms with Gasteiger partial charge < -0.3 is 14.4 Å². The molecule has 1 aromatic rings. The third kappa shape index (κ3) is 4.62. The van der Waals surface area contributed by atoms with Crippen molar-refractivity contribution in [2.24, 2.45) is 5.92 Å². The summed E-state index contributed by atoms with van der Waals surface area (Å²) >= 11 is 0. The average Bonchev–Trinajstić information content (AvgIpc) is 3.00. The van der Waals surface area contributed by atoms with Crippen molar-refractivity contribution in [3.8, 4) is 5.75 Å². The van der Waals surface area contributed by atoms with Crippen molar-refractivity contribution >= 4 is 21.9 Å². The monoisotopic (exact) mass is 478 g/mol. The molecule has 3 atom stereocenters. The molecule has 3 aliphatic rings. The van der Waals surface area contributed by atoms with E-state index >= 15 is 0 Å². The molecule has 2 aliphatic heterocycles. The van der Waals surface area contributed by atoms with Gasteiger partial charge in [-0.05, 0) is 56.2 Å². The van der Waals surface area contributed by atoms with E-state index in [0.29, 0.717) is 19.5 Å². The van der Waals surface area contributed by atoms with Crippen LogP contribution in [0.25, 0.3) is 0 Å². The van der Waals surface area contributed by atoms with E-state index in [9.17, 15) is 18.0 Å². The minimum atomic E-state index is -3.82. The van der Waals surface area contributed by atoms with Crippen LogP contribution >= 0.6 is 0 Å². The first-order chi connectivity index (χ1) is 15.9. The van der Waals surface area contributed by atoms with Crippen molar-refractivity contribution in [2.75, 3.05) is 27.3 Å². The highest BCUT2D eigenvalue weighted by Crippen LogP contribution is 2.41. The second kappa shape index (κ2) is 10.0. The van der Waals surface area contributed by atoms with Crippen LogP contribution in [0.2, 0.25) is 0 Å². The normalized spacial score (nSPS) is 26.4. The van der Waals surface area contributed by atoms with Crippen LogP contribution in [0, 0.1) is 5.92 Å². The summed E-state index contributed by atoms with van der Waals surface area (Å²) in [4.78, 5) is 27.9. The molecule has 0 radical (unpaired) electrons. The van der Waals surface area contributed by atoms with Gasteiger partial charge in [0.2, 0.25) is 10.0 Å². The summed E-state index contributed by atoms with van der Waals surface area (Å²) in [6.07, 6.45) is 8.18. The third-order valence-electron chi connectivity index (χ3n) is 7.39. The third-order valence-corrected chi connectivity index (χ3v) is 9.31. The lowest BCUT2D eigenvalue weighted by Gasteiger charge is -2.33. The molecule has 1 amide bonds. The van der Waals surface area contributed by atoms with Crippen molar-refractivity contribution in [2.45, 2.75) is 74.8 Å². The fourth-order valence-corrected chi connectivity index (χ4v) is 7.38. The first kappa shape index (κ1) is 24.0. The molecule has 9 heteroatoms. The number of benzene rings is 1. The van der Waals surface area contributed by atoms with Crippen molar-refractivity contribution < 1.29 is 27.5 Å². The van der Waals surface area contributed by atoms with Gasteiger partial charge in [0.25, 0.3) is 5.91 Å². The first-order valence-corrected chi connectivity index (χ1v) is 13.4. The van der Waals surface area contributed by atoms with E-state index in [2.05, 4.69) is 0 Å². The number of sulfonamides is 1. The Morgan fingerprint density at radius 2 is 1.67 bits per heavy atom. The first-order valence-electron chi connectivity index (χ1n) is 12.0. The number of carbonyl (C=O) groups excluding carboxylic acids is 2. The molecule has 3 unspecified atom stereocenters. The summed E-state index contributed by atoms with van der Waals surface area (Å²) in [6, 6.07) is 3.89. The summed E-state index contributed by atoms with van der Waals surface area (Å²) in [7, 11) is -1.05. The summed E-state index contributed by atoms with van der Waals surface area (Å²) < 4.78 is 38.9. The number of esters is 1. The van der Waals surface area contributed by atoms with E-state index in [-0.39, 0.29) is 34.1 Å². The van der Waals surface area contributed by atoms with Crippen LogP contribution in [-0.2, 0) is 19.6 Å². The van der Waals surface area contributed by atoms with Gasteiger partial charge >= 0.3 is 5.97 Å². The summed E-state index contributed by atoms with van der Waals surface area (Å²) in [5, 5.41) is 0. The second-order valence-corrected chi connectivity index (χ2v) is 11.2. The van der Waals surface area contributed by atoms with E-state index in [1.54, 1.807) is 17.0 Å². The summed E-state index contributed by atoms with van der Waals surface area (Å²) in [6.45, 7) is 0.925. The average molecular weight is 479 g/mol. The quantitative estimate of drug-likeness (QED) is 0.604. The number of rotatable bonds is 5. The van der Waals surface area contributed by atoms with E-state index in [1.165, 1.54) is 24.6 Å². The maximum atomic E-state index is 13.7. The Morgan fingerprint density at radius 1 is 0.970 bits per heavy atom. The number of fused-ring (bicyclic) bond motifs is 1. The Balaban J connectivity index is 1.70. The van der Waals surface area contributed by atoms with Gasteiger partial charge in [0, 0.05) is 24.7 Å². The number of nitrogens with zero attached hydrogens (tertiary/aromatic N) is 2. The van der Waals surface area contributed by atoms with Crippen LogP contribution in [0.5, 0.6) is 5.75 Å². The fraction of sp³-hybridized carbons (Fsp3) is 0.667. The van der Waals surface area contributed by atoms with Crippen LogP contribution in [0.1, 0.15) is 68.1 Å². The van der Waals surface area contributed by atoms with Gasteiger partial charge in [-0.25, -0.2) is 13.2 Å². The highest BCUT2D eigenvalue weighted by atomic mass is 32.2. The molecule has 0 N–H and O–H groups in total. The zero-order valence-corrected chi connectivity index (χ0v) is 20.3. The second-order valence-electron chi connectivity index (χ2n) is 9.28. The SMILES string of the molecule is COC(=O)C1CC2CCCCC2N1C(=O)c1ccc(OC)c(S(=O)(=O)N2CCCCCC2)c1. The molecule has 8 nitrogen and oxygen atoms in total. The maximum Gasteiger partial charge on any atom is 0.328 e. The molecule has 4 rings (SSSR count). The lowest BCUT2D eigenvalue weighted by atomic mass is 9.84. The minimum Gasteiger partial charge on any atom is -0.495 e. The van der Waals surface area contributed by atoms with Crippen LogP contribution in [0.4, 0.5) is 0 Å². The van der Waals surface area contributed by atoms with Crippen molar-refractivity contribution in [3.05, 3.63) is 23.8 Å². The topological polar surface area (TPSA) is 93.2 Å². The largest absolute Gasteiger partial charge is 0.495 e. The van der Waals surface area contributed by atoms with Gasteiger partial charge in [-0.3, -0.25) is 4.79 Å². The van der Waals surface area contributed by atoms with E-state index in [4.69, 9.17) is 9.47 Å². The molecule has 3 fully saturated rings. The van der Waals surface area contributed by atoms with Gasteiger partial charge in [-0.1, -0.05) is 25.7 Å². The maximum absolute atomic E-state index is 13.7. The Hall–Kier alpha value is -2.13. The van der Waals surface area contributed by atoms with Crippen LogP contribution in [-0.4, -0.2) is 68.9 Å². The molecule has 182 valence electrons. The Labute approximate surface area is 196 Å². The van der Waals surface area contributed by atoms with Crippen LogP contribution < -0.4 is 4.74 Å². The lowest BCUT2D eigenvalue weighted by Crippen LogP contribution is -2.46. The van der Waals surface area contributed by atoms with Crippen LogP contribution in [0.3, 0.4) is 0 Å². The number of likely N-dealkylation sites (tertiary alicyclic amines) is 1. The zero-order valence-electron chi connectivity index (χ0n) is 19.5. The zero-order chi connectivity index (χ0) is 23.6. The number of hydrogen-bond acceptors (Lipinski definition) is 6. The summed E-state index contributed by atoms with van der Waals surface area (Å²) in [5.74, 6) is -0.249. The highest BCUT2D eigenvalue weighted by Gasteiger charge is 2.48. The van der Waals surface area contributed by atoms with Crippen molar-refractivity contribution in [1.29, 1.82) is 0 Å². The van der Waals surface area contributed by atoms with Gasteiger partial charge in [-0.2, -0.15) is 4.31 Å². The Morgan fingerprint density at radius 3 is 2.33 bits per heavy atom. The van der Waals surface area contributed by atoms with E-state index < -0.39 is 22.0 Å². The van der Waals surface area contributed by atoms with Gasteiger partial charge in [-0.15, -0.1) is 0 Å². The molecular formula is C24H34N2O6S. The minimum absolute atomic E-state index is 0.00626. The molecule has 0 aromatic heterocycles. The predicted molar refractivity (Wildman–Crippen MR) is 123 cm³/mol. The molecule has 1 aromatic carbocycles. The lowest BCUT2D eigenvalue weighted by molar-refractivity contribution is -0.145. The number of carbonyl (C=O) groups is 2. The Bertz CT molecular complexity index is 987. The number of methoxy groups -OCH3 is 2. The molecule has 1 aliphatic carbocycles. The predicted octanol–water partition coefficient (Wildman–Crippen LogP) is 3.21. The number of ether oxygens (including phenoxy) is 2.